The minimum atomic E-state index is -0.240. The van der Waals surface area contributed by atoms with Gasteiger partial charge in [0.15, 0.2) is 0 Å². The minimum absolute atomic E-state index is 0.00759. The van der Waals surface area contributed by atoms with Crippen molar-refractivity contribution < 1.29 is 9.53 Å². The number of methoxy groups -OCH3 is 1. The highest BCUT2D eigenvalue weighted by Gasteiger charge is 2.26. The van der Waals surface area contributed by atoms with Gasteiger partial charge in [0.25, 0.3) is 5.91 Å². The van der Waals surface area contributed by atoms with Crippen LogP contribution >= 0.6 is 0 Å². The average molecular weight is 319 g/mol. The first kappa shape index (κ1) is 16.1. The van der Waals surface area contributed by atoms with E-state index in [4.69, 9.17) is 4.74 Å². The molecule has 126 valence electrons. The maximum absolute atomic E-state index is 11.6. The van der Waals surface area contributed by atoms with Crippen LogP contribution in [0.3, 0.4) is 0 Å². The van der Waals surface area contributed by atoms with Crippen molar-refractivity contribution >= 4 is 17.7 Å². The molecule has 0 bridgehead atoms. The summed E-state index contributed by atoms with van der Waals surface area (Å²) in [5, 5.41) is 2.65. The van der Waals surface area contributed by atoms with E-state index in [1.54, 1.807) is 6.20 Å². The van der Waals surface area contributed by atoms with Crippen molar-refractivity contribution in [3.8, 4) is 0 Å². The number of anilines is 2. The van der Waals surface area contributed by atoms with Crippen molar-refractivity contribution in [1.82, 2.24) is 14.9 Å². The van der Waals surface area contributed by atoms with Crippen LogP contribution in [0.4, 0.5) is 11.8 Å². The van der Waals surface area contributed by atoms with Crippen molar-refractivity contribution in [2.75, 3.05) is 50.1 Å². The Morgan fingerprint density at radius 3 is 2.74 bits per heavy atom. The van der Waals surface area contributed by atoms with E-state index in [1.807, 2.05) is 6.07 Å². The second kappa shape index (κ2) is 7.70. The van der Waals surface area contributed by atoms with Gasteiger partial charge in [0.05, 0.1) is 0 Å². The molecule has 0 aromatic carbocycles. The van der Waals surface area contributed by atoms with Gasteiger partial charge in [-0.15, -0.1) is 0 Å². The first-order chi connectivity index (χ1) is 11.3. The van der Waals surface area contributed by atoms with Crippen molar-refractivity contribution in [2.24, 2.45) is 0 Å². The van der Waals surface area contributed by atoms with Crippen LogP contribution in [0.5, 0.6) is 0 Å². The number of nitrogens with zero attached hydrogens (tertiary/aromatic N) is 4. The van der Waals surface area contributed by atoms with E-state index in [9.17, 15) is 4.79 Å². The van der Waals surface area contributed by atoms with Crippen LogP contribution in [0, 0.1) is 0 Å². The fourth-order valence-corrected chi connectivity index (χ4v) is 3.46. The van der Waals surface area contributed by atoms with Crippen molar-refractivity contribution in [3.63, 3.8) is 0 Å². The van der Waals surface area contributed by atoms with Crippen LogP contribution in [0.25, 0.3) is 0 Å². The molecule has 23 heavy (non-hydrogen) atoms. The van der Waals surface area contributed by atoms with Crippen LogP contribution in [-0.2, 0) is 9.53 Å². The third-order valence-corrected chi connectivity index (χ3v) is 4.65. The highest BCUT2D eigenvalue weighted by Crippen LogP contribution is 2.25. The fraction of sp³-hybridized carbons (Fsp3) is 0.688. The Labute approximate surface area is 137 Å². The molecule has 2 aliphatic rings. The maximum Gasteiger partial charge on any atom is 0.252 e. The van der Waals surface area contributed by atoms with Crippen LogP contribution in [0.2, 0.25) is 0 Å². The molecule has 0 atom stereocenters. The molecule has 1 aliphatic heterocycles. The predicted molar refractivity (Wildman–Crippen MR) is 88.6 cm³/mol. The lowest BCUT2D eigenvalue weighted by molar-refractivity contribution is -0.119. The SMILES string of the molecule is COCC(=O)Nc1nccc(N2CCN(C3CCCC3)CC2)n1. The van der Waals surface area contributed by atoms with Gasteiger partial charge in [-0.2, -0.15) is 4.98 Å². The number of aromatic nitrogens is 2. The molecular weight excluding hydrogens is 294 g/mol. The van der Waals surface area contributed by atoms with E-state index in [1.165, 1.54) is 32.8 Å². The molecule has 0 unspecified atom stereocenters. The Morgan fingerprint density at radius 1 is 1.30 bits per heavy atom. The van der Waals surface area contributed by atoms with E-state index in [0.717, 1.165) is 38.0 Å². The summed E-state index contributed by atoms with van der Waals surface area (Å²) in [6, 6.07) is 2.68. The maximum atomic E-state index is 11.6. The number of ether oxygens (including phenoxy) is 1. The molecule has 1 aromatic rings. The molecule has 0 radical (unpaired) electrons. The molecule has 7 nitrogen and oxygen atoms in total. The lowest BCUT2D eigenvalue weighted by Gasteiger charge is -2.38. The molecule has 7 heteroatoms. The second-order valence-corrected chi connectivity index (χ2v) is 6.18. The van der Waals surface area contributed by atoms with Crippen LogP contribution in [0.1, 0.15) is 25.7 Å². The molecule has 2 heterocycles. The Bertz CT molecular complexity index is 525. The molecule has 3 rings (SSSR count). The molecule has 1 aromatic heterocycles. The summed E-state index contributed by atoms with van der Waals surface area (Å²) in [4.78, 5) is 25.0. The van der Waals surface area contributed by atoms with Gasteiger partial charge < -0.3 is 9.64 Å². The number of carbonyl (C=O) groups excluding carboxylic acids is 1. The third kappa shape index (κ3) is 4.17. The molecule has 1 aliphatic carbocycles. The number of carbonyl (C=O) groups is 1. The summed E-state index contributed by atoms with van der Waals surface area (Å²) in [6.45, 7) is 4.12. The van der Waals surface area contributed by atoms with Crippen molar-refractivity contribution in [1.29, 1.82) is 0 Å². The highest BCUT2D eigenvalue weighted by atomic mass is 16.5. The zero-order chi connectivity index (χ0) is 16.1. The van der Waals surface area contributed by atoms with E-state index >= 15 is 0 Å². The van der Waals surface area contributed by atoms with E-state index < -0.39 is 0 Å². The first-order valence-corrected chi connectivity index (χ1v) is 8.37. The lowest BCUT2D eigenvalue weighted by Crippen LogP contribution is -2.50. The molecule has 1 amide bonds. The highest BCUT2D eigenvalue weighted by molar-refractivity contribution is 5.90. The normalized spacial score (nSPS) is 20.0. The molecule has 1 saturated carbocycles. The molecule has 0 spiro atoms. The van der Waals surface area contributed by atoms with Crippen LogP contribution < -0.4 is 10.2 Å². The van der Waals surface area contributed by atoms with Gasteiger partial charge in [0, 0.05) is 45.5 Å². The zero-order valence-electron chi connectivity index (χ0n) is 13.7. The number of nitrogens with one attached hydrogen (secondary N) is 1. The van der Waals surface area contributed by atoms with E-state index in [0.29, 0.717) is 5.95 Å². The van der Waals surface area contributed by atoms with Gasteiger partial charge in [-0.25, -0.2) is 4.98 Å². The molecule has 1 saturated heterocycles. The summed E-state index contributed by atoms with van der Waals surface area (Å²) in [6.07, 6.45) is 7.14. The molecular formula is C16H25N5O2. The Morgan fingerprint density at radius 2 is 2.04 bits per heavy atom. The van der Waals surface area contributed by atoms with Crippen molar-refractivity contribution in [3.05, 3.63) is 12.3 Å². The largest absolute Gasteiger partial charge is 0.375 e. The topological polar surface area (TPSA) is 70.6 Å². The van der Waals surface area contributed by atoms with Gasteiger partial charge in [-0.1, -0.05) is 12.8 Å². The standard InChI is InChI=1S/C16H25N5O2/c1-23-12-15(22)19-16-17-7-6-14(18-16)21-10-8-20(9-11-21)13-4-2-3-5-13/h6-7,13H,2-5,8-12H2,1H3,(H,17,18,19,22). The number of hydrogen-bond donors (Lipinski definition) is 1. The Kier molecular flexibility index (Phi) is 5.40. The van der Waals surface area contributed by atoms with Crippen LogP contribution in [-0.4, -0.2) is 66.7 Å². The summed E-state index contributed by atoms with van der Waals surface area (Å²) >= 11 is 0. The first-order valence-electron chi connectivity index (χ1n) is 8.37. The number of piperazine rings is 1. The average Bonchev–Trinajstić information content (AvgIpc) is 3.10. The van der Waals surface area contributed by atoms with E-state index in [-0.39, 0.29) is 12.5 Å². The second-order valence-electron chi connectivity index (χ2n) is 6.18. The van der Waals surface area contributed by atoms with Crippen LogP contribution in [0.15, 0.2) is 12.3 Å². The zero-order valence-corrected chi connectivity index (χ0v) is 13.7. The summed E-state index contributed by atoms with van der Waals surface area (Å²) < 4.78 is 4.80. The monoisotopic (exact) mass is 319 g/mol. The number of hydrogen-bond acceptors (Lipinski definition) is 6. The van der Waals surface area contributed by atoms with Gasteiger partial charge in [-0.3, -0.25) is 15.0 Å². The third-order valence-electron chi connectivity index (χ3n) is 4.65. The van der Waals surface area contributed by atoms with Gasteiger partial charge in [-0.05, 0) is 18.9 Å². The van der Waals surface area contributed by atoms with Gasteiger partial charge >= 0.3 is 0 Å². The summed E-state index contributed by atoms with van der Waals surface area (Å²) in [5.41, 5.74) is 0. The summed E-state index contributed by atoms with van der Waals surface area (Å²) in [7, 11) is 1.49. The molecule has 2 fully saturated rings. The predicted octanol–water partition coefficient (Wildman–Crippen LogP) is 1.13. The lowest BCUT2D eigenvalue weighted by atomic mass is 10.2. The Hall–Kier alpha value is -1.73. The van der Waals surface area contributed by atoms with Gasteiger partial charge in [0.2, 0.25) is 5.95 Å². The molecule has 1 N–H and O–H groups in total. The van der Waals surface area contributed by atoms with Gasteiger partial charge in [0.1, 0.15) is 12.4 Å². The number of rotatable bonds is 5. The van der Waals surface area contributed by atoms with Crippen molar-refractivity contribution in [2.45, 2.75) is 31.7 Å². The summed E-state index contributed by atoms with van der Waals surface area (Å²) in [5.74, 6) is 0.970. The van der Waals surface area contributed by atoms with E-state index in [2.05, 4.69) is 25.1 Å². The number of amides is 1. The quantitative estimate of drug-likeness (QED) is 0.877. The fourth-order valence-electron chi connectivity index (χ4n) is 3.46. The Balaban J connectivity index is 1.56. The smallest absolute Gasteiger partial charge is 0.252 e. The minimum Gasteiger partial charge on any atom is -0.375 e.